The van der Waals surface area contributed by atoms with Crippen molar-refractivity contribution in [2.24, 2.45) is 11.7 Å². The molecule has 0 fully saturated rings. The minimum absolute atomic E-state index is 0.0101. The van der Waals surface area contributed by atoms with E-state index in [0.29, 0.717) is 12.5 Å². The van der Waals surface area contributed by atoms with E-state index in [1.807, 2.05) is 20.8 Å². The molecular formula is C13H28N2O2. The van der Waals surface area contributed by atoms with Gasteiger partial charge in [-0.1, -0.05) is 13.8 Å². The van der Waals surface area contributed by atoms with E-state index in [1.54, 1.807) is 11.9 Å². The van der Waals surface area contributed by atoms with Gasteiger partial charge in [-0.05, 0) is 33.1 Å². The van der Waals surface area contributed by atoms with Crippen molar-refractivity contribution in [1.82, 2.24) is 4.90 Å². The third-order valence-corrected chi connectivity index (χ3v) is 2.71. The Morgan fingerprint density at radius 1 is 1.35 bits per heavy atom. The van der Waals surface area contributed by atoms with E-state index in [2.05, 4.69) is 13.8 Å². The second-order valence-electron chi connectivity index (χ2n) is 5.91. The van der Waals surface area contributed by atoms with E-state index in [9.17, 15) is 4.79 Å². The molecule has 0 aromatic heterocycles. The highest BCUT2D eigenvalue weighted by Gasteiger charge is 2.16. The van der Waals surface area contributed by atoms with Gasteiger partial charge in [-0.25, -0.2) is 0 Å². The van der Waals surface area contributed by atoms with Gasteiger partial charge in [0.15, 0.2) is 0 Å². The summed E-state index contributed by atoms with van der Waals surface area (Å²) in [4.78, 5) is 13.4. The zero-order valence-electron chi connectivity index (χ0n) is 12.1. The number of carbonyl (C=O) groups is 1. The molecule has 0 aromatic carbocycles. The topological polar surface area (TPSA) is 55.6 Å². The largest absolute Gasteiger partial charge is 0.366 e. The van der Waals surface area contributed by atoms with Crippen molar-refractivity contribution in [1.29, 1.82) is 0 Å². The van der Waals surface area contributed by atoms with Gasteiger partial charge in [0.2, 0.25) is 5.91 Å². The smallest absolute Gasteiger partial charge is 0.248 e. The Hall–Kier alpha value is -0.610. The lowest BCUT2D eigenvalue weighted by Crippen LogP contribution is -2.37. The zero-order valence-corrected chi connectivity index (χ0v) is 12.1. The number of likely N-dealkylation sites (N-methyl/N-ethyl adjacent to an activating group) is 1. The third kappa shape index (κ3) is 8.16. The van der Waals surface area contributed by atoms with Crippen LogP contribution in [0, 0.1) is 5.92 Å². The Labute approximate surface area is 105 Å². The number of nitrogens with two attached hydrogens (primary N) is 1. The molecule has 0 aliphatic rings. The summed E-state index contributed by atoms with van der Waals surface area (Å²) in [5.74, 6) is 0.459. The molecule has 0 aromatic rings. The molecule has 0 spiro atoms. The molecule has 0 saturated carbocycles. The van der Waals surface area contributed by atoms with E-state index in [-0.39, 0.29) is 24.2 Å². The number of rotatable bonds is 6. The maximum absolute atomic E-state index is 11.7. The molecule has 0 saturated heterocycles. The molecule has 1 amide bonds. The van der Waals surface area contributed by atoms with Crippen LogP contribution >= 0.6 is 0 Å². The summed E-state index contributed by atoms with van der Waals surface area (Å²) in [5.41, 5.74) is 5.67. The average molecular weight is 244 g/mol. The predicted molar refractivity (Wildman–Crippen MR) is 70.8 cm³/mol. The van der Waals surface area contributed by atoms with Crippen LogP contribution < -0.4 is 5.73 Å². The summed E-state index contributed by atoms with van der Waals surface area (Å²) in [6.45, 7) is 10.8. The Kier molecular flexibility index (Phi) is 6.72. The first kappa shape index (κ1) is 16.4. The van der Waals surface area contributed by atoms with Gasteiger partial charge < -0.3 is 15.4 Å². The summed E-state index contributed by atoms with van der Waals surface area (Å²) >= 11 is 0. The zero-order chi connectivity index (χ0) is 13.6. The first-order valence-corrected chi connectivity index (χ1v) is 6.27. The van der Waals surface area contributed by atoms with Gasteiger partial charge >= 0.3 is 0 Å². The summed E-state index contributed by atoms with van der Waals surface area (Å²) in [7, 11) is 1.79. The second kappa shape index (κ2) is 6.97. The molecule has 17 heavy (non-hydrogen) atoms. The van der Waals surface area contributed by atoms with Crippen molar-refractivity contribution < 1.29 is 9.53 Å². The van der Waals surface area contributed by atoms with Crippen LogP contribution in [0.25, 0.3) is 0 Å². The molecule has 0 aliphatic heterocycles. The van der Waals surface area contributed by atoms with Gasteiger partial charge in [0.05, 0.1) is 5.60 Å². The lowest BCUT2D eigenvalue weighted by Gasteiger charge is -2.24. The Morgan fingerprint density at radius 2 is 1.88 bits per heavy atom. The number of amides is 1. The molecule has 0 bridgehead atoms. The molecule has 4 nitrogen and oxygen atoms in total. The maximum Gasteiger partial charge on any atom is 0.248 e. The normalized spacial score (nSPS) is 13.9. The van der Waals surface area contributed by atoms with Crippen molar-refractivity contribution in [2.45, 2.75) is 52.7 Å². The van der Waals surface area contributed by atoms with Crippen molar-refractivity contribution in [2.75, 3.05) is 20.2 Å². The highest BCUT2D eigenvalue weighted by Crippen LogP contribution is 2.07. The fraction of sp³-hybridized carbons (Fsp3) is 0.923. The highest BCUT2D eigenvalue weighted by molar-refractivity contribution is 5.77. The molecule has 0 aliphatic carbocycles. The minimum Gasteiger partial charge on any atom is -0.366 e. The molecule has 4 heteroatoms. The van der Waals surface area contributed by atoms with Crippen LogP contribution in [0.2, 0.25) is 0 Å². The van der Waals surface area contributed by atoms with Crippen molar-refractivity contribution in [3.8, 4) is 0 Å². The molecule has 0 radical (unpaired) electrons. The second-order valence-corrected chi connectivity index (χ2v) is 5.91. The van der Waals surface area contributed by atoms with Crippen molar-refractivity contribution in [3.05, 3.63) is 0 Å². The minimum atomic E-state index is -0.273. The number of hydrogen-bond acceptors (Lipinski definition) is 3. The molecule has 0 rings (SSSR count). The monoisotopic (exact) mass is 244 g/mol. The van der Waals surface area contributed by atoms with Crippen LogP contribution in [-0.4, -0.2) is 42.6 Å². The number of ether oxygens (including phenoxy) is 1. The van der Waals surface area contributed by atoms with Crippen molar-refractivity contribution in [3.63, 3.8) is 0 Å². The van der Waals surface area contributed by atoms with Crippen LogP contribution in [0.1, 0.15) is 41.0 Å². The molecule has 2 N–H and O–H groups in total. The third-order valence-electron chi connectivity index (χ3n) is 2.71. The van der Waals surface area contributed by atoms with Gasteiger partial charge in [0.25, 0.3) is 0 Å². The fourth-order valence-corrected chi connectivity index (χ4v) is 1.19. The summed E-state index contributed by atoms with van der Waals surface area (Å²) in [6.07, 6.45) is 0.829. The van der Waals surface area contributed by atoms with E-state index in [4.69, 9.17) is 10.5 Å². The van der Waals surface area contributed by atoms with Crippen molar-refractivity contribution >= 4 is 5.91 Å². The molecule has 1 atom stereocenters. The standard InChI is InChI=1S/C13H28N2O2/c1-10(2)11(14)7-8-15(6)12(16)9-17-13(3,4)5/h10-11H,7-9,14H2,1-6H3. The number of carbonyl (C=O) groups excluding carboxylic acids is 1. The predicted octanol–water partition coefficient (Wildman–Crippen LogP) is 1.63. The maximum atomic E-state index is 11.7. The van der Waals surface area contributed by atoms with Crippen LogP contribution in [0.5, 0.6) is 0 Å². The summed E-state index contributed by atoms with van der Waals surface area (Å²) < 4.78 is 5.44. The molecule has 0 heterocycles. The first-order chi connectivity index (χ1) is 7.63. The van der Waals surface area contributed by atoms with Gasteiger partial charge in [-0.2, -0.15) is 0 Å². The SMILES string of the molecule is CC(C)C(N)CCN(C)C(=O)COC(C)(C)C. The first-order valence-electron chi connectivity index (χ1n) is 6.27. The van der Waals surface area contributed by atoms with Crippen LogP contribution in [-0.2, 0) is 9.53 Å². The highest BCUT2D eigenvalue weighted by atomic mass is 16.5. The lowest BCUT2D eigenvalue weighted by atomic mass is 10.0. The number of hydrogen-bond donors (Lipinski definition) is 1. The van der Waals surface area contributed by atoms with Crippen LogP contribution in [0.15, 0.2) is 0 Å². The fourth-order valence-electron chi connectivity index (χ4n) is 1.19. The Bertz CT molecular complexity index is 234. The number of nitrogens with zero attached hydrogens (tertiary/aromatic N) is 1. The van der Waals surface area contributed by atoms with E-state index in [0.717, 1.165) is 6.42 Å². The Balaban J connectivity index is 3.90. The van der Waals surface area contributed by atoms with E-state index in [1.165, 1.54) is 0 Å². The van der Waals surface area contributed by atoms with E-state index >= 15 is 0 Å². The van der Waals surface area contributed by atoms with Crippen LogP contribution in [0.3, 0.4) is 0 Å². The molecule has 102 valence electrons. The summed E-state index contributed by atoms with van der Waals surface area (Å²) in [6, 6.07) is 0.147. The van der Waals surface area contributed by atoms with E-state index < -0.39 is 0 Å². The molecular weight excluding hydrogens is 216 g/mol. The summed E-state index contributed by atoms with van der Waals surface area (Å²) in [5, 5.41) is 0. The Morgan fingerprint density at radius 3 is 2.29 bits per heavy atom. The van der Waals surface area contributed by atoms with Gasteiger partial charge in [0, 0.05) is 19.6 Å². The van der Waals surface area contributed by atoms with Gasteiger partial charge in [-0.3, -0.25) is 4.79 Å². The molecule has 1 unspecified atom stereocenters. The lowest BCUT2D eigenvalue weighted by molar-refractivity contribution is -0.139. The van der Waals surface area contributed by atoms with Gasteiger partial charge in [0.1, 0.15) is 6.61 Å². The van der Waals surface area contributed by atoms with Gasteiger partial charge in [-0.15, -0.1) is 0 Å². The average Bonchev–Trinajstić information content (AvgIpc) is 2.20. The van der Waals surface area contributed by atoms with Crippen LogP contribution in [0.4, 0.5) is 0 Å². The quantitative estimate of drug-likeness (QED) is 0.772.